The highest BCUT2D eigenvalue weighted by Crippen LogP contribution is 2.40. The fraction of sp³-hybridized carbons (Fsp3) is 0.231. The summed E-state index contributed by atoms with van der Waals surface area (Å²) in [7, 11) is 3.71. The van der Waals surface area contributed by atoms with E-state index in [1.807, 2.05) is 36.4 Å². The maximum atomic E-state index is 12.9. The van der Waals surface area contributed by atoms with E-state index in [-0.39, 0.29) is 12.1 Å². The van der Waals surface area contributed by atoms with Crippen LogP contribution in [0.2, 0.25) is 0 Å². The molecule has 0 saturated heterocycles. The number of rotatable bonds is 5. The molecule has 0 fully saturated rings. The van der Waals surface area contributed by atoms with E-state index in [0.717, 1.165) is 47.0 Å². The molecule has 174 valence electrons. The lowest BCUT2D eigenvalue weighted by Crippen LogP contribution is -2.38. The van der Waals surface area contributed by atoms with Gasteiger partial charge in [0.25, 0.3) is 5.91 Å². The molecule has 0 aliphatic carbocycles. The summed E-state index contributed by atoms with van der Waals surface area (Å²) in [4.78, 5) is 28.6. The summed E-state index contributed by atoms with van der Waals surface area (Å²) in [6.45, 7) is 1.84. The highest BCUT2D eigenvalue weighted by Gasteiger charge is 2.32. The maximum Gasteiger partial charge on any atom is 0.336 e. The van der Waals surface area contributed by atoms with Crippen LogP contribution in [-0.4, -0.2) is 37.5 Å². The Hall–Kier alpha value is -3.62. The molecule has 34 heavy (non-hydrogen) atoms. The Balaban J connectivity index is 1.23. The first-order valence-corrected chi connectivity index (χ1v) is 11.9. The lowest BCUT2D eigenvalue weighted by molar-refractivity contribution is -0.128. The molecule has 8 heteroatoms. The molecule has 0 unspecified atom stereocenters. The van der Waals surface area contributed by atoms with Crippen molar-refractivity contribution in [1.29, 1.82) is 0 Å². The number of benzene rings is 2. The molecule has 2 aromatic carbocycles. The third-order valence-corrected chi connectivity index (χ3v) is 7.13. The first-order valence-electron chi connectivity index (χ1n) is 11.0. The quantitative estimate of drug-likeness (QED) is 0.327. The predicted molar refractivity (Wildman–Crippen MR) is 132 cm³/mol. The predicted octanol–water partition coefficient (Wildman–Crippen LogP) is 4.22. The topological polar surface area (TPSA) is 79.9 Å². The van der Waals surface area contributed by atoms with Crippen molar-refractivity contribution in [3.05, 3.63) is 81.7 Å². The molecule has 0 radical (unpaired) electrons. The number of fused-ring (bicyclic) bond motifs is 3. The van der Waals surface area contributed by atoms with Crippen LogP contribution in [-0.2, 0) is 17.8 Å². The summed E-state index contributed by atoms with van der Waals surface area (Å²) >= 11 is 1.66. The van der Waals surface area contributed by atoms with Gasteiger partial charge in [0.05, 0.1) is 12.7 Å². The largest absolute Gasteiger partial charge is 0.497 e. The molecule has 3 heterocycles. The monoisotopic (exact) mass is 475 g/mol. The number of ether oxygens (including phenoxy) is 2. The number of methoxy groups -OCH3 is 1. The number of likely N-dealkylation sites (N-methyl/N-ethyl adjacent to an activating group) is 1. The number of carbonyl (C=O) groups is 2. The van der Waals surface area contributed by atoms with E-state index in [0.29, 0.717) is 5.75 Å². The number of carbonyl (C=O) groups excluding carboxylic acids is 2. The Labute approximate surface area is 202 Å². The van der Waals surface area contributed by atoms with E-state index in [1.54, 1.807) is 36.7 Å². The summed E-state index contributed by atoms with van der Waals surface area (Å²) in [6.07, 6.45) is 3.63. The zero-order valence-corrected chi connectivity index (χ0v) is 19.8. The van der Waals surface area contributed by atoms with E-state index >= 15 is 0 Å². The van der Waals surface area contributed by atoms with E-state index in [9.17, 15) is 9.59 Å². The van der Waals surface area contributed by atoms with Crippen molar-refractivity contribution < 1.29 is 19.1 Å². The molecule has 1 amide bonds. The zero-order chi connectivity index (χ0) is 23.7. The van der Waals surface area contributed by atoms with Crippen molar-refractivity contribution in [2.24, 2.45) is 0 Å². The summed E-state index contributed by atoms with van der Waals surface area (Å²) in [5.41, 5.74) is 3.72. The molecule has 2 N–H and O–H groups in total. The third kappa shape index (κ3) is 4.55. The number of nitrogens with zero attached hydrogens (tertiary/aromatic N) is 1. The van der Waals surface area contributed by atoms with Crippen LogP contribution >= 0.6 is 11.3 Å². The fourth-order valence-corrected chi connectivity index (χ4v) is 5.52. The van der Waals surface area contributed by atoms with Crippen molar-refractivity contribution in [2.45, 2.75) is 19.1 Å². The van der Waals surface area contributed by atoms with Crippen LogP contribution in [0.4, 0.5) is 5.00 Å². The van der Waals surface area contributed by atoms with Crippen molar-refractivity contribution in [2.75, 3.05) is 26.0 Å². The van der Waals surface area contributed by atoms with E-state index < -0.39 is 5.97 Å². The van der Waals surface area contributed by atoms with Crippen molar-refractivity contribution in [3.8, 4) is 11.5 Å². The highest BCUT2D eigenvalue weighted by atomic mass is 32.1. The molecule has 5 rings (SSSR count). The Morgan fingerprint density at radius 3 is 2.56 bits per heavy atom. The molecule has 0 bridgehead atoms. The van der Waals surface area contributed by atoms with E-state index in [1.165, 1.54) is 16.5 Å². The fourth-order valence-electron chi connectivity index (χ4n) is 4.17. The van der Waals surface area contributed by atoms with Gasteiger partial charge in [-0.25, -0.2) is 4.79 Å². The van der Waals surface area contributed by atoms with Crippen molar-refractivity contribution >= 4 is 34.3 Å². The number of nitrogens with one attached hydrogen (secondary N) is 2. The number of amides is 1. The van der Waals surface area contributed by atoms with E-state index in [4.69, 9.17) is 9.47 Å². The second kappa shape index (κ2) is 9.32. The smallest absolute Gasteiger partial charge is 0.336 e. The van der Waals surface area contributed by atoms with Gasteiger partial charge in [0.1, 0.15) is 22.7 Å². The number of anilines is 1. The minimum absolute atomic E-state index is 0.0417. The molecule has 1 aromatic heterocycles. The molecule has 7 nitrogen and oxygen atoms in total. The van der Waals surface area contributed by atoms with Gasteiger partial charge >= 0.3 is 5.97 Å². The molecule has 1 atom stereocenters. The molecule has 0 saturated carbocycles. The molecular weight excluding hydrogens is 450 g/mol. The number of esters is 1. The second-order valence-corrected chi connectivity index (χ2v) is 9.45. The van der Waals surface area contributed by atoms with Crippen LogP contribution in [0.5, 0.6) is 11.5 Å². The number of hydrogen-bond acceptors (Lipinski definition) is 7. The Bertz CT molecular complexity index is 1250. The lowest BCUT2D eigenvalue weighted by atomic mass is 10.0. The normalized spacial score (nSPS) is 17.5. The van der Waals surface area contributed by atoms with Gasteiger partial charge in [-0.15, -0.1) is 11.3 Å². The standard InChI is InChI=1S/C26H25N3O4S/c1-29-14-13-20-21(15-29)34-26-23(20)25(31)27-24(28-26)17-6-10-19(11-7-17)33-22(30)12-5-16-3-8-18(32-2)9-4-16/h3-12,24,28H,13-15H2,1-2H3,(H,27,31)/b12-5-/t24-/m1/s1. The third-order valence-electron chi connectivity index (χ3n) is 5.99. The molecule has 0 spiro atoms. The molecule has 2 aliphatic rings. The average Bonchev–Trinajstić information content (AvgIpc) is 3.21. The van der Waals surface area contributed by atoms with E-state index in [2.05, 4.69) is 22.6 Å². The van der Waals surface area contributed by atoms with Gasteiger partial charge in [0.2, 0.25) is 0 Å². The van der Waals surface area contributed by atoms with Crippen LogP contribution in [0.15, 0.2) is 54.6 Å². The summed E-state index contributed by atoms with van der Waals surface area (Å²) < 4.78 is 10.5. The maximum absolute atomic E-state index is 12.9. The Morgan fingerprint density at radius 2 is 1.82 bits per heavy atom. The Morgan fingerprint density at radius 1 is 1.09 bits per heavy atom. The Kier molecular flexibility index (Phi) is 6.08. The number of hydrogen-bond donors (Lipinski definition) is 2. The highest BCUT2D eigenvalue weighted by molar-refractivity contribution is 7.16. The lowest BCUT2D eigenvalue weighted by Gasteiger charge is -2.27. The molecule has 3 aromatic rings. The first-order chi connectivity index (χ1) is 16.5. The van der Waals surface area contributed by atoms with Crippen LogP contribution in [0, 0.1) is 0 Å². The van der Waals surface area contributed by atoms with Gasteiger partial charge < -0.3 is 25.0 Å². The summed E-state index contributed by atoms with van der Waals surface area (Å²) in [5, 5.41) is 7.45. The van der Waals surface area contributed by atoms with Gasteiger partial charge in [-0.05, 0) is 60.5 Å². The van der Waals surface area contributed by atoms with Crippen molar-refractivity contribution in [3.63, 3.8) is 0 Å². The summed E-state index contributed by atoms with van der Waals surface area (Å²) in [5.74, 6) is 0.683. The minimum Gasteiger partial charge on any atom is -0.497 e. The SMILES string of the molecule is COc1ccc(/C=C\C(=O)Oc2ccc([C@@H]3NC(=O)c4c(sc5c4CCN(C)C5)N3)cc2)cc1. The van der Waals surface area contributed by atoms with Crippen LogP contribution in [0.3, 0.4) is 0 Å². The van der Waals surface area contributed by atoms with Crippen LogP contribution in [0.1, 0.15) is 38.1 Å². The molecule has 2 aliphatic heterocycles. The first kappa shape index (κ1) is 22.2. The van der Waals surface area contributed by atoms with Gasteiger partial charge in [-0.3, -0.25) is 4.79 Å². The number of thiophene rings is 1. The second-order valence-electron chi connectivity index (χ2n) is 8.34. The van der Waals surface area contributed by atoms with Gasteiger partial charge in [0.15, 0.2) is 0 Å². The average molecular weight is 476 g/mol. The zero-order valence-electron chi connectivity index (χ0n) is 19.0. The van der Waals surface area contributed by atoms with Gasteiger partial charge in [-0.2, -0.15) is 0 Å². The summed E-state index contributed by atoms with van der Waals surface area (Å²) in [6, 6.07) is 14.5. The minimum atomic E-state index is -0.466. The van der Waals surface area contributed by atoms with Gasteiger partial charge in [0, 0.05) is 24.0 Å². The van der Waals surface area contributed by atoms with Crippen LogP contribution in [0.25, 0.3) is 6.08 Å². The molecular formula is C26H25N3O4S. The van der Waals surface area contributed by atoms with Gasteiger partial charge in [-0.1, -0.05) is 24.3 Å². The van der Waals surface area contributed by atoms with Crippen LogP contribution < -0.4 is 20.1 Å². The van der Waals surface area contributed by atoms with Crippen molar-refractivity contribution in [1.82, 2.24) is 10.2 Å².